The summed E-state index contributed by atoms with van der Waals surface area (Å²) in [4.78, 5) is 64.8. The number of amides is 5. The highest BCUT2D eigenvalue weighted by atomic mass is 16.6. The summed E-state index contributed by atoms with van der Waals surface area (Å²) in [6.07, 6.45) is 0.958. The molecule has 0 bridgehead atoms. The molecule has 2 aromatic rings. The number of ether oxygens (including phenoxy) is 2. The number of nitrogens with zero attached hydrogens (tertiary/aromatic N) is 2. The van der Waals surface area contributed by atoms with Crippen LogP contribution in [-0.2, 0) is 20.9 Å². The zero-order valence-corrected chi connectivity index (χ0v) is 22.7. The molecule has 2 atom stereocenters. The highest BCUT2D eigenvalue weighted by molar-refractivity contribution is 6.07. The first-order valence-corrected chi connectivity index (χ1v) is 13.3. The van der Waals surface area contributed by atoms with Crippen molar-refractivity contribution in [1.82, 2.24) is 15.1 Å². The van der Waals surface area contributed by atoms with E-state index in [-0.39, 0.29) is 49.2 Å². The van der Waals surface area contributed by atoms with Gasteiger partial charge in [-0.3, -0.25) is 24.5 Å². The molecule has 3 aliphatic rings. The fourth-order valence-corrected chi connectivity index (χ4v) is 4.93. The first-order valence-electron chi connectivity index (χ1n) is 13.3. The van der Waals surface area contributed by atoms with Gasteiger partial charge in [-0.15, -0.1) is 0 Å². The van der Waals surface area contributed by atoms with Gasteiger partial charge in [0, 0.05) is 36.3 Å². The van der Waals surface area contributed by atoms with Gasteiger partial charge < -0.3 is 24.6 Å². The molecule has 2 unspecified atom stereocenters. The molecule has 2 saturated heterocycles. The van der Waals surface area contributed by atoms with Crippen molar-refractivity contribution in [3.8, 4) is 5.75 Å². The number of hydrogen-bond donors (Lipinski definition) is 2. The monoisotopic (exact) mass is 548 g/mol. The van der Waals surface area contributed by atoms with E-state index in [0.717, 1.165) is 6.42 Å². The van der Waals surface area contributed by atoms with Gasteiger partial charge in [0.15, 0.2) is 0 Å². The number of piperidine rings is 1. The molecule has 40 heavy (non-hydrogen) atoms. The molecule has 0 saturated carbocycles. The van der Waals surface area contributed by atoms with E-state index in [9.17, 15) is 24.0 Å². The molecule has 2 N–H and O–H groups in total. The number of fused-ring (bicyclic) bond motifs is 1. The third kappa shape index (κ3) is 5.78. The fraction of sp³-hybridized carbons (Fsp3) is 0.414. The van der Waals surface area contributed by atoms with Gasteiger partial charge >= 0.3 is 6.09 Å². The third-order valence-corrected chi connectivity index (χ3v) is 7.11. The van der Waals surface area contributed by atoms with E-state index >= 15 is 0 Å². The van der Waals surface area contributed by atoms with E-state index in [4.69, 9.17) is 9.47 Å². The van der Waals surface area contributed by atoms with Crippen LogP contribution < -0.4 is 15.4 Å². The van der Waals surface area contributed by atoms with Gasteiger partial charge in [0.2, 0.25) is 11.8 Å². The van der Waals surface area contributed by atoms with Gasteiger partial charge in [0.05, 0.1) is 6.04 Å². The van der Waals surface area contributed by atoms with Crippen LogP contribution in [0.2, 0.25) is 0 Å². The number of anilines is 1. The third-order valence-electron chi connectivity index (χ3n) is 7.11. The summed E-state index contributed by atoms with van der Waals surface area (Å²) in [5.74, 6) is -0.816. The number of imide groups is 1. The lowest BCUT2D eigenvalue weighted by Crippen LogP contribution is -2.55. The van der Waals surface area contributed by atoms with Crippen molar-refractivity contribution < 1.29 is 33.4 Å². The molecule has 0 aromatic heterocycles. The summed E-state index contributed by atoms with van der Waals surface area (Å²) in [7, 11) is 0. The largest absolute Gasteiger partial charge is 0.491 e. The van der Waals surface area contributed by atoms with Crippen LogP contribution in [0.1, 0.15) is 66.3 Å². The maximum Gasteiger partial charge on any atom is 0.410 e. The van der Waals surface area contributed by atoms with Crippen molar-refractivity contribution in [2.45, 2.75) is 64.3 Å². The highest BCUT2D eigenvalue weighted by Gasteiger charge is 2.39. The SMILES string of the molecule is CC(C)(C)OC(=O)N1CCC1COc1ccc(C(=O)Nc2ccc3c(c2)CN(C2CCC(=O)NC2=O)C3=O)cc1. The van der Waals surface area contributed by atoms with E-state index in [1.54, 1.807) is 47.4 Å². The second-order valence-corrected chi connectivity index (χ2v) is 11.2. The van der Waals surface area contributed by atoms with E-state index < -0.39 is 17.6 Å². The average molecular weight is 549 g/mol. The smallest absolute Gasteiger partial charge is 0.410 e. The average Bonchev–Trinajstić information content (AvgIpc) is 3.18. The predicted molar refractivity (Wildman–Crippen MR) is 144 cm³/mol. The van der Waals surface area contributed by atoms with Crippen molar-refractivity contribution in [1.29, 1.82) is 0 Å². The molecule has 11 heteroatoms. The minimum Gasteiger partial charge on any atom is -0.491 e. The Kier molecular flexibility index (Phi) is 7.22. The minimum atomic E-state index is -0.693. The lowest BCUT2D eigenvalue weighted by Gasteiger charge is -2.41. The summed E-state index contributed by atoms with van der Waals surface area (Å²) in [6.45, 7) is 6.68. The molecule has 3 aliphatic heterocycles. The second kappa shape index (κ2) is 10.6. The van der Waals surface area contributed by atoms with Gasteiger partial charge in [-0.25, -0.2) is 4.79 Å². The van der Waals surface area contributed by atoms with E-state index in [1.807, 2.05) is 20.8 Å². The Labute approximate surface area is 231 Å². The summed E-state index contributed by atoms with van der Waals surface area (Å²) >= 11 is 0. The Morgan fingerprint density at radius 3 is 2.45 bits per heavy atom. The van der Waals surface area contributed by atoms with Crippen molar-refractivity contribution >= 4 is 35.4 Å². The first-order chi connectivity index (χ1) is 19.0. The molecule has 3 heterocycles. The summed E-state index contributed by atoms with van der Waals surface area (Å²) in [6, 6.07) is 11.0. The van der Waals surface area contributed by atoms with E-state index in [2.05, 4.69) is 10.6 Å². The second-order valence-electron chi connectivity index (χ2n) is 11.2. The van der Waals surface area contributed by atoms with Crippen LogP contribution in [0.3, 0.4) is 0 Å². The van der Waals surface area contributed by atoms with Crippen LogP contribution in [0.4, 0.5) is 10.5 Å². The predicted octanol–water partition coefficient (Wildman–Crippen LogP) is 3.09. The van der Waals surface area contributed by atoms with Crippen LogP contribution in [0, 0.1) is 0 Å². The lowest BCUT2D eigenvalue weighted by atomic mass is 10.0. The lowest BCUT2D eigenvalue weighted by molar-refractivity contribution is -0.136. The first kappa shape index (κ1) is 27.2. The minimum absolute atomic E-state index is 0.0598. The number of hydrogen-bond acceptors (Lipinski definition) is 7. The molecule has 0 aliphatic carbocycles. The number of rotatable bonds is 6. The van der Waals surface area contributed by atoms with Crippen molar-refractivity contribution in [3.63, 3.8) is 0 Å². The molecular weight excluding hydrogens is 516 g/mol. The van der Waals surface area contributed by atoms with Gasteiger partial charge in [-0.2, -0.15) is 0 Å². The molecular formula is C29H32N4O7. The topological polar surface area (TPSA) is 134 Å². The summed E-state index contributed by atoms with van der Waals surface area (Å²) in [5.41, 5.74) is 1.57. The van der Waals surface area contributed by atoms with Crippen molar-refractivity contribution in [2.75, 3.05) is 18.5 Å². The maximum absolute atomic E-state index is 12.9. The van der Waals surface area contributed by atoms with Crippen LogP contribution >= 0.6 is 0 Å². The molecule has 210 valence electrons. The van der Waals surface area contributed by atoms with Crippen molar-refractivity contribution in [3.05, 3.63) is 59.2 Å². The standard InChI is InChI=1S/C29H32N4O7/c1-29(2,3)40-28(38)32-13-12-20(32)16-39-21-7-4-17(5-8-21)25(35)30-19-6-9-22-18(14-19)15-33(27(22)37)23-10-11-24(34)31-26(23)36/h4-9,14,20,23H,10-13,15-16H2,1-3H3,(H,30,35)(H,31,34,36). The van der Waals surface area contributed by atoms with Crippen LogP contribution in [0.25, 0.3) is 0 Å². The van der Waals surface area contributed by atoms with Crippen molar-refractivity contribution in [2.24, 2.45) is 0 Å². The summed E-state index contributed by atoms with van der Waals surface area (Å²) < 4.78 is 11.3. The fourth-order valence-electron chi connectivity index (χ4n) is 4.93. The van der Waals surface area contributed by atoms with Gasteiger partial charge in [-0.05, 0) is 81.6 Å². The van der Waals surface area contributed by atoms with Crippen LogP contribution in [-0.4, -0.2) is 70.4 Å². The van der Waals surface area contributed by atoms with E-state index in [1.165, 1.54) is 4.90 Å². The number of carbonyl (C=O) groups excluding carboxylic acids is 5. The number of nitrogens with one attached hydrogen (secondary N) is 2. The van der Waals surface area contributed by atoms with E-state index in [0.29, 0.717) is 41.3 Å². The number of benzene rings is 2. The Morgan fingerprint density at radius 2 is 1.80 bits per heavy atom. The normalized spacial score (nSPS) is 20.4. The zero-order chi connectivity index (χ0) is 28.6. The van der Waals surface area contributed by atoms with Gasteiger partial charge in [0.25, 0.3) is 11.8 Å². The Morgan fingerprint density at radius 1 is 1.05 bits per heavy atom. The molecule has 0 radical (unpaired) electrons. The van der Waals surface area contributed by atoms with Gasteiger partial charge in [0.1, 0.15) is 24.0 Å². The summed E-state index contributed by atoms with van der Waals surface area (Å²) in [5, 5.41) is 5.13. The molecule has 0 spiro atoms. The Hall–Kier alpha value is -4.41. The molecule has 11 nitrogen and oxygen atoms in total. The Bertz CT molecular complexity index is 1370. The molecule has 5 amide bonds. The highest BCUT2D eigenvalue weighted by Crippen LogP contribution is 2.30. The van der Waals surface area contributed by atoms with Crippen LogP contribution in [0.15, 0.2) is 42.5 Å². The number of likely N-dealkylation sites (tertiary alicyclic amines) is 1. The quantitative estimate of drug-likeness (QED) is 0.530. The molecule has 5 rings (SSSR count). The molecule has 2 aromatic carbocycles. The Balaban J connectivity index is 1.15. The maximum atomic E-state index is 12.9. The zero-order valence-electron chi connectivity index (χ0n) is 22.7. The van der Waals surface area contributed by atoms with Crippen LogP contribution in [0.5, 0.6) is 5.75 Å². The van der Waals surface area contributed by atoms with Gasteiger partial charge in [-0.1, -0.05) is 0 Å². The molecule has 2 fully saturated rings. The number of carbonyl (C=O) groups is 5.